The molecule has 0 aliphatic heterocycles. The summed E-state index contributed by atoms with van der Waals surface area (Å²) >= 11 is 0. The van der Waals surface area contributed by atoms with Gasteiger partial charge in [-0.2, -0.15) is 0 Å². The van der Waals surface area contributed by atoms with Crippen molar-refractivity contribution in [1.29, 1.82) is 0 Å². The summed E-state index contributed by atoms with van der Waals surface area (Å²) in [5.41, 5.74) is 12.3. The highest BCUT2D eigenvalue weighted by Gasteiger charge is 2.26. The Hall–Kier alpha value is -2.81. The molecule has 0 aromatic heterocycles. The molecular weight excluding hydrogens is 298 g/mol. The molecule has 0 unspecified atom stereocenters. The van der Waals surface area contributed by atoms with Crippen molar-refractivity contribution in [2.24, 2.45) is 0 Å². The van der Waals surface area contributed by atoms with Gasteiger partial charge in [0.05, 0.1) is 11.3 Å². The maximum Gasteiger partial charge on any atom is 0.337 e. The summed E-state index contributed by atoms with van der Waals surface area (Å²) in [5, 5.41) is 11.4. The highest BCUT2D eigenvalue weighted by molar-refractivity contribution is 6.21. The summed E-state index contributed by atoms with van der Waals surface area (Å²) in [6, 6.07) is 14.1. The lowest BCUT2D eigenvalue weighted by atomic mass is 9.85. The van der Waals surface area contributed by atoms with Crippen LogP contribution >= 0.6 is 0 Å². The zero-order valence-electron chi connectivity index (χ0n) is 14.0. The van der Waals surface area contributed by atoms with Crippen LogP contribution < -0.4 is 5.73 Å². The lowest BCUT2D eigenvalue weighted by Crippen LogP contribution is -2.10. The number of nitrogen functional groups attached to an aromatic ring is 1. The van der Waals surface area contributed by atoms with E-state index in [2.05, 4.69) is 45.0 Å². The third-order valence-corrected chi connectivity index (χ3v) is 4.90. The third kappa shape index (κ3) is 1.88. The molecule has 1 aliphatic carbocycles. The lowest BCUT2D eigenvalue weighted by Gasteiger charge is -2.20. The largest absolute Gasteiger partial charge is 0.478 e. The van der Waals surface area contributed by atoms with Crippen molar-refractivity contribution in [2.75, 3.05) is 5.73 Å². The van der Waals surface area contributed by atoms with E-state index in [9.17, 15) is 9.90 Å². The van der Waals surface area contributed by atoms with Gasteiger partial charge in [0.25, 0.3) is 0 Å². The highest BCUT2D eigenvalue weighted by Crippen LogP contribution is 2.50. The molecule has 0 spiro atoms. The molecule has 0 radical (unpaired) electrons. The number of rotatable bonds is 1. The summed E-state index contributed by atoms with van der Waals surface area (Å²) in [7, 11) is 0. The van der Waals surface area contributed by atoms with Gasteiger partial charge in [-0.25, -0.2) is 4.79 Å². The van der Waals surface area contributed by atoms with Gasteiger partial charge in [-0.3, -0.25) is 0 Å². The molecule has 0 atom stereocenters. The van der Waals surface area contributed by atoms with E-state index in [1.54, 1.807) is 6.07 Å². The van der Waals surface area contributed by atoms with Gasteiger partial charge in [0, 0.05) is 5.39 Å². The minimum absolute atomic E-state index is 0.0585. The van der Waals surface area contributed by atoms with E-state index in [-0.39, 0.29) is 11.0 Å². The lowest BCUT2D eigenvalue weighted by molar-refractivity contribution is 0.0698. The third-order valence-electron chi connectivity index (χ3n) is 4.90. The summed E-state index contributed by atoms with van der Waals surface area (Å²) in [6.45, 7) is 6.58. The van der Waals surface area contributed by atoms with Crippen LogP contribution in [0.3, 0.4) is 0 Å². The second kappa shape index (κ2) is 4.60. The van der Waals surface area contributed by atoms with Gasteiger partial charge in [0.2, 0.25) is 0 Å². The molecule has 3 aromatic rings. The average Bonchev–Trinajstić information content (AvgIpc) is 2.84. The van der Waals surface area contributed by atoms with E-state index in [4.69, 9.17) is 5.73 Å². The fourth-order valence-corrected chi connectivity index (χ4v) is 3.59. The van der Waals surface area contributed by atoms with Gasteiger partial charge >= 0.3 is 5.97 Å². The number of hydrogen-bond acceptors (Lipinski definition) is 2. The first kappa shape index (κ1) is 14.8. The molecular formula is C21H19NO2. The summed E-state index contributed by atoms with van der Waals surface area (Å²) in [4.78, 5) is 11.6. The van der Waals surface area contributed by atoms with Gasteiger partial charge < -0.3 is 10.8 Å². The molecule has 0 saturated heterocycles. The van der Waals surface area contributed by atoms with Crippen molar-refractivity contribution < 1.29 is 9.90 Å². The molecule has 0 saturated carbocycles. The van der Waals surface area contributed by atoms with E-state index < -0.39 is 5.97 Å². The number of carboxylic acid groups (broad SMARTS) is 1. The van der Waals surface area contributed by atoms with Gasteiger partial charge in [-0.15, -0.1) is 0 Å². The molecule has 3 heteroatoms. The van der Waals surface area contributed by atoms with E-state index >= 15 is 0 Å². The Labute approximate surface area is 140 Å². The van der Waals surface area contributed by atoms with Crippen LogP contribution in [-0.4, -0.2) is 11.1 Å². The number of carboxylic acids is 1. The molecule has 0 amide bonds. The Morgan fingerprint density at radius 1 is 0.958 bits per heavy atom. The van der Waals surface area contributed by atoms with Gasteiger partial charge in [-0.05, 0) is 50.8 Å². The number of aromatic carboxylic acids is 1. The van der Waals surface area contributed by atoms with E-state index in [0.29, 0.717) is 5.69 Å². The minimum atomic E-state index is -0.990. The zero-order valence-corrected chi connectivity index (χ0v) is 14.0. The Morgan fingerprint density at radius 2 is 1.71 bits per heavy atom. The average molecular weight is 317 g/mol. The van der Waals surface area contributed by atoms with Crippen molar-refractivity contribution in [3.63, 3.8) is 0 Å². The van der Waals surface area contributed by atoms with Crippen LogP contribution in [0.25, 0.3) is 33.0 Å². The number of anilines is 1. The predicted octanol–water partition coefficient (Wildman–Crippen LogP) is 5.07. The molecule has 1 aliphatic rings. The fraction of sp³-hybridized carbons (Fsp3) is 0.190. The van der Waals surface area contributed by atoms with E-state index in [1.807, 2.05) is 12.1 Å². The zero-order chi connectivity index (χ0) is 17.2. The van der Waals surface area contributed by atoms with Crippen molar-refractivity contribution in [1.82, 2.24) is 0 Å². The molecule has 3 nitrogen and oxygen atoms in total. The Morgan fingerprint density at radius 3 is 2.38 bits per heavy atom. The SMILES string of the molecule is CC(C)(C)c1ccc2c(c1)-c1cccc3c(N)c(C(=O)O)cc-2c13. The van der Waals surface area contributed by atoms with Crippen molar-refractivity contribution in [2.45, 2.75) is 26.2 Å². The van der Waals surface area contributed by atoms with Crippen LogP contribution in [0.1, 0.15) is 36.7 Å². The molecule has 0 bridgehead atoms. The number of benzene rings is 3. The first-order chi connectivity index (χ1) is 11.3. The standard InChI is InChI=1S/C21H19NO2/c1-21(2,3)11-7-8-12-15(9-11)13-5-4-6-14-18(13)16(12)10-17(19(14)22)20(23)24/h4-10H,22H2,1-3H3,(H,23,24). The molecule has 24 heavy (non-hydrogen) atoms. The Bertz CT molecular complexity index is 1030. The molecule has 0 heterocycles. The van der Waals surface area contributed by atoms with Gasteiger partial charge in [-0.1, -0.05) is 51.1 Å². The first-order valence-corrected chi connectivity index (χ1v) is 8.03. The monoisotopic (exact) mass is 317 g/mol. The van der Waals surface area contributed by atoms with Crippen LogP contribution in [0.2, 0.25) is 0 Å². The molecule has 3 N–H and O–H groups in total. The van der Waals surface area contributed by atoms with Crippen molar-refractivity contribution in [3.8, 4) is 22.3 Å². The summed E-state index contributed by atoms with van der Waals surface area (Å²) < 4.78 is 0. The number of hydrogen-bond donors (Lipinski definition) is 2. The smallest absolute Gasteiger partial charge is 0.337 e. The Balaban J connectivity index is 2.11. The van der Waals surface area contributed by atoms with Crippen LogP contribution in [-0.2, 0) is 5.41 Å². The predicted molar refractivity (Wildman–Crippen MR) is 98.4 cm³/mol. The normalized spacial score (nSPS) is 12.5. The number of carbonyl (C=O) groups is 1. The first-order valence-electron chi connectivity index (χ1n) is 8.03. The fourth-order valence-electron chi connectivity index (χ4n) is 3.59. The Kier molecular flexibility index (Phi) is 2.83. The second-order valence-electron chi connectivity index (χ2n) is 7.43. The molecule has 0 fully saturated rings. The van der Waals surface area contributed by atoms with Gasteiger partial charge in [0.1, 0.15) is 0 Å². The second-order valence-corrected chi connectivity index (χ2v) is 7.43. The topological polar surface area (TPSA) is 63.3 Å². The van der Waals surface area contributed by atoms with Crippen molar-refractivity contribution in [3.05, 3.63) is 53.6 Å². The number of fused-ring (bicyclic) bond motifs is 3. The van der Waals surface area contributed by atoms with Gasteiger partial charge in [0.15, 0.2) is 0 Å². The van der Waals surface area contributed by atoms with Crippen LogP contribution in [0.5, 0.6) is 0 Å². The number of nitrogens with two attached hydrogens (primary N) is 1. The van der Waals surface area contributed by atoms with E-state index in [1.165, 1.54) is 5.56 Å². The van der Waals surface area contributed by atoms with Crippen LogP contribution in [0.15, 0.2) is 42.5 Å². The molecule has 4 rings (SSSR count). The maximum atomic E-state index is 11.6. The quantitative estimate of drug-likeness (QED) is 0.482. The summed E-state index contributed by atoms with van der Waals surface area (Å²) in [6.07, 6.45) is 0. The van der Waals surface area contributed by atoms with Crippen molar-refractivity contribution >= 4 is 22.4 Å². The maximum absolute atomic E-state index is 11.6. The summed E-state index contributed by atoms with van der Waals surface area (Å²) in [5.74, 6) is -0.990. The van der Waals surface area contributed by atoms with E-state index in [0.717, 1.165) is 33.0 Å². The van der Waals surface area contributed by atoms with Crippen LogP contribution in [0.4, 0.5) is 5.69 Å². The van der Waals surface area contributed by atoms with Crippen LogP contribution in [0, 0.1) is 0 Å². The highest BCUT2D eigenvalue weighted by atomic mass is 16.4. The molecule has 3 aromatic carbocycles. The molecule has 120 valence electrons. The minimum Gasteiger partial charge on any atom is -0.478 e.